The molecule has 8 aromatic rings. The Bertz CT molecular complexity index is 2890. The van der Waals surface area contributed by atoms with Crippen LogP contribution < -0.4 is 15.8 Å². The second-order valence-electron chi connectivity index (χ2n) is 14.1. The van der Waals surface area contributed by atoms with Crippen molar-refractivity contribution in [3.05, 3.63) is 202 Å². The number of para-hydroxylation sites is 1. The summed E-state index contributed by atoms with van der Waals surface area (Å²) in [4.78, 5) is 10.8. The monoisotopic (exact) mass is 663 g/mol. The first-order valence-corrected chi connectivity index (χ1v) is 18.1. The van der Waals surface area contributed by atoms with Crippen molar-refractivity contribution >= 4 is 22.7 Å². The van der Waals surface area contributed by atoms with Crippen LogP contribution in [0.25, 0.3) is 67.6 Å². The lowest BCUT2D eigenvalue weighted by Crippen LogP contribution is -2.37. The summed E-state index contributed by atoms with van der Waals surface area (Å²) in [7, 11) is 0. The molecule has 3 aliphatic rings. The first-order chi connectivity index (χ1) is 25.7. The molecule has 0 saturated heterocycles. The Hall–Kier alpha value is -6.58. The van der Waals surface area contributed by atoms with Crippen molar-refractivity contribution in [3.63, 3.8) is 0 Å². The van der Waals surface area contributed by atoms with Crippen LogP contribution in [-0.2, 0) is 5.41 Å². The Morgan fingerprint density at radius 3 is 1.96 bits per heavy atom. The predicted octanol–water partition coefficient (Wildman–Crippen LogP) is 9.16. The molecule has 2 heterocycles. The molecular weight excluding hydrogens is 631 g/mol. The molecule has 1 aliphatic heterocycles. The fourth-order valence-corrected chi connectivity index (χ4v) is 9.34. The third kappa shape index (κ3) is 3.91. The number of fused-ring (bicyclic) bond motifs is 12. The zero-order valence-corrected chi connectivity index (χ0v) is 28.7. The molecule has 0 saturated carbocycles. The minimum absolute atomic E-state index is 0.414. The van der Waals surface area contributed by atoms with Crippen LogP contribution in [0.5, 0.6) is 0 Å². The molecule has 0 amide bonds. The zero-order chi connectivity index (χ0) is 34.4. The summed E-state index contributed by atoms with van der Waals surface area (Å²) in [5.41, 5.74) is 17.5. The normalized spacial score (nSPS) is 14.2. The van der Waals surface area contributed by atoms with Crippen LogP contribution in [0.3, 0.4) is 0 Å². The topological polar surface area (TPSA) is 37.8 Å². The molecule has 11 rings (SSSR count). The van der Waals surface area contributed by atoms with Gasteiger partial charge in [-0.2, -0.15) is 0 Å². The summed E-state index contributed by atoms with van der Waals surface area (Å²) >= 11 is 0. The molecule has 3 heteroatoms. The molecule has 1 N–H and O–H groups in total. The van der Waals surface area contributed by atoms with Crippen LogP contribution in [0.15, 0.2) is 158 Å². The summed E-state index contributed by atoms with van der Waals surface area (Å²) in [5, 5.41) is 7.21. The minimum atomic E-state index is -0.414. The summed E-state index contributed by atoms with van der Waals surface area (Å²) in [6.07, 6.45) is 2.25. The highest BCUT2D eigenvalue weighted by Crippen LogP contribution is 2.63. The van der Waals surface area contributed by atoms with Crippen molar-refractivity contribution in [1.29, 1.82) is 0 Å². The van der Waals surface area contributed by atoms with Gasteiger partial charge in [-0.15, -0.1) is 0 Å². The smallest absolute Gasteiger partial charge is 0.161 e. The average molecular weight is 664 g/mol. The summed E-state index contributed by atoms with van der Waals surface area (Å²) < 4.78 is 0. The lowest BCUT2D eigenvalue weighted by Gasteiger charge is -2.30. The fraction of sp³-hybridized carbons (Fsp3) is 0.0612. The number of aromatic nitrogens is 2. The van der Waals surface area contributed by atoms with E-state index in [0.29, 0.717) is 0 Å². The minimum Gasteiger partial charge on any atom is -0.381 e. The third-order valence-corrected chi connectivity index (χ3v) is 11.5. The van der Waals surface area contributed by atoms with Crippen molar-refractivity contribution < 1.29 is 0 Å². The van der Waals surface area contributed by atoms with E-state index in [1.54, 1.807) is 0 Å². The van der Waals surface area contributed by atoms with E-state index in [0.717, 1.165) is 40.1 Å². The van der Waals surface area contributed by atoms with E-state index >= 15 is 0 Å². The van der Waals surface area contributed by atoms with Gasteiger partial charge < -0.3 is 5.32 Å². The van der Waals surface area contributed by atoms with Crippen LogP contribution in [0.2, 0.25) is 0 Å². The van der Waals surface area contributed by atoms with Gasteiger partial charge in [0.2, 0.25) is 0 Å². The second kappa shape index (κ2) is 11.0. The molecule has 244 valence electrons. The van der Waals surface area contributed by atoms with Crippen LogP contribution in [0, 0.1) is 6.92 Å². The Labute approximate surface area is 302 Å². The van der Waals surface area contributed by atoms with Crippen LogP contribution >= 0.6 is 0 Å². The molecule has 7 aromatic carbocycles. The number of aryl methyl sites for hydroxylation is 1. The van der Waals surface area contributed by atoms with Gasteiger partial charge in [-0.05, 0) is 74.3 Å². The van der Waals surface area contributed by atoms with Gasteiger partial charge in [-0.25, -0.2) is 9.97 Å². The molecule has 0 radical (unpaired) electrons. The SMILES string of the molecule is Cc1cc(-c2nc(-c3cccc4c3-c3ccccc3C43c4ccccc4-c4ccccc43)nc3ccccc23)ccc1C1=c2ccccc2=CCN1. The molecular formula is C49H33N3. The van der Waals surface area contributed by atoms with Crippen molar-refractivity contribution in [3.8, 4) is 44.9 Å². The van der Waals surface area contributed by atoms with Gasteiger partial charge in [0.15, 0.2) is 5.82 Å². The van der Waals surface area contributed by atoms with E-state index in [2.05, 4.69) is 176 Å². The lowest BCUT2D eigenvalue weighted by molar-refractivity contribution is 0.794. The highest BCUT2D eigenvalue weighted by Gasteiger charge is 2.52. The quantitative estimate of drug-likeness (QED) is 0.205. The summed E-state index contributed by atoms with van der Waals surface area (Å²) in [6.45, 7) is 3.02. The van der Waals surface area contributed by atoms with Crippen molar-refractivity contribution in [1.82, 2.24) is 15.3 Å². The maximum absolute atomic E-state index is 5.48. The lowest BCUT2D eigenvalue weighted by atomic mass is 9.70. The predicted molar refractivity (Wildman–Crippen MR) is 212 cm³/mol. The van der Waals surface area contributed by atoms with E-state index < -0.39 is 5.41 Å². The molecule has 1 spiro atoms. The Morgan fingerprint density at radius 1 is 0.538 bits per heavy atom. The number of rotatable bonds is 3. The number of hydrogen-bond donors (Lipinski definition) is 1. The Balaban J connectivity index is 1.14. The van der Waals surface area contributed by atoms with E-state index in [9.17, 15) is 0 Å². The van der Waals surface area contributed by atoms with Gasteiger partial charge in [0.25, 0.3) is 0 Å². The molecule has 52 heavy (non-hydrogen) atoms. The van der Waals surface area contributed by atoms with E-state index in [1.807, 2.05) is 0 Å². The van der Waals surface area contributed by atoms with Crippen LogP contribution in [-0.4, -0.2) is 16.5 Å². The maximum Gasteiger partial charge on any atom is 0.161 e. The van der Waals surface area contributed by atoms with E-state index in [-0.39, 0.29) is 0 Å². The van der Waals surface area contributed by atoms with Crippen molar-refractivity contribution in [2.75, 3.05) is 6.54 Å². The van der Waals surface area contributed by atoms with Crippen LogP contribution in [0.4, 0.5) is 0 Å². The second-order valence-corrected chi connectivity index (χ2v) is 14.1. The number of hydrogen-bond acceptors (Lipinski definition) is 3. The van der Waals surface area contributed by atoms with Gasteiger partial charge in [0, 0.05) is 39.5 Å². The highest BCUT2D eigenvalue weighted by atomic mass is 14.9. The van der Waals surface area contributed by atoms with Gasteiger partial charge in [0.05, 0.1) is 16.6 Å². The number of nitrogens with one attached hydrogen (secondary N) is 1. The van der Waals surface area contributed by atoms with E-state index in [4.69, 9.17) is 9.97 Å². The van der Waals surface area contributed by atoms with Gasteiger partial charge in [-0.1, -0.05) is 152 Å². The molecule has 0 fully saturated rings. The molecule has 2 aliphatic carbocycles. The summed E-state index contributed by atoms with van der Waals surface area (Å²) in [5.74, 6) is 0.742. The zero-order valence-electron chi connectivity index (χ0n) is 28.7. The maximum atomic E-state index is 5.48. The molecule has 3 nitrogen and oxygen atoms in total. The Morgan fingerprint density at radius 2 is 1.17 bits per heavy atom. The molecule has 1 aromatic heterocycles. The molecule has 0 unspecified atom stereocenters. The first kappa shape index (κ1) is 29.2. The number of benzene rings is 7. The number of nitrogens with zero attached hydrogens (tertiary/aromatic N) is 2. The third-order valence-electron chi connectivity index (χ3n) is 11.5. The van der Waals surface area contributed by atoms with Crippen molar-refractivity contribution in [2.45, 2.75) is 12.3 Å². The van der Waals surface area contributed by atoms with Crippen molar-refractivity contribution in [2.24, 2.45) is 0 Å². The van der Waals surface area contributed by atoms with Gasteiger partial charge in [-0.3, -0.25) is 0 Å². The van der Waals surface area contributed by atoms with E-state index in [1.165, 1.54) is 71.8 Å². The Kier molecular flexibility index (Phi) is 6.15. The standard InChI is InChI=1S/C49H33N3/c1-30-29-32(25-26-33(30)47-34-14-3-2-13-31(34)27-28-50-47)46-38-18-7-11-24-44(38)51-48(52-46)39-19-12-23-43-45(39)37-17-6-10-22-42(37)49(43)40-20-8-4-15-35(40)36-16-5-9-21-41(36)49/h2-27,29,50H,28H2,1H3. The highest BCUT2D eigenvalue weighted by molar-refractivity contribution is 6.00. The van der Waals surface area contributed by atoms with Gasteiger partial charge in [0.1, 0.15) is 0 Å². The molecule has 0 atom stereocenters. The average Bonchev–Trinajstić information content (AvgIpc) is 3.68. The first-order valence-electron chi connectivity index (χ1n) is 18.1. The van der Waals surface area contributed by atoms with Crippen LogP contribution in [0.1, 0.15) is 33.4 Å². The fourth-order valence-electron chi connectivity index (χ4n) is 9.34. The van der Waals surface area contributed by atoms with Gasteiger partial charge >= 0.3 is 0 Å². The largest absolute Gasteiger partial charge is 0.381 e. The summed E-state index contributed by atoms with van der Waals surface area (Å²) in [6, 6.07) is 57.4. The molecule has 0 bridgehead atoms.